The molecule has 4 heteroatoms. The van der Waals surface area contributed by atoms with Crippen LogP contribution in [0.25, 0.3) is 0 Å². The molecule has 0 aromatic heterocycles. The highest BCUT2D eigenvalue weighted by atomic mass is 16.2. The van der Waals surface area contributed by atoms with Crippen LogP contribution in [0.15, 0.2) is 0 Å². The molecule has 0 radical (unpaired) electrons. The zero-order valence-corrected chi connectivity index (χ0v) is 13.0. The molecule has 3 atom stereocenters. The van der Waals surface area contributed by atoms with E-state index in [2.05, 4.69) is 22.0 Å². The van der Waals surface area contributed by atoms with Crippen molar-refractivity contribution in [1.29, 1.82) is 0 Å². The van der Waals surface area contributed by atoms with Gasteiger partial charge >= 0.3 is 0 Å². The first-order valence-corrected chi connectivity index (χ1v) is 8.51. The smallest absolute Gasteiger partial charge is 0.240 e. The van der Waals surface area contributed by atoms with Gasteiger partial charge in [-0.05, 0) is 51.6 Å². The fourth-order valence-electron chi connectivity index (χ4n) is 4.42. The van der Waals surface area contributed by atoms with Gasteiger partial charge in [0.25, 0.3) is 0 Å². The number of nitrogens with zero attached hydrogens (tertiary/aromatic N) is 2. The van der Waals surface area contributed by atoms with E-state index in [1.54, 1.807) is 0 Å². The monoisotopic (exact) mass is 279 g/mol. The molecule has 2 saturated heterocycles. The second kappa shape index (κ2) is 6.02. The first-order valence-electron chi connectivity index (χ1n) is 8.51. The molecular weight excluding hydrogens is 250 g/mol. The molecule has 2 aliphatic heterocycles. The van der Waals surface area contributed by atoms with E-state index in [1.807, 2.05) is 6.92 Å². The lowest BCUT2D eigenvalue weighted by atomic mass is 10.0. The van der Waals surface area contributed by atoms with Crippen molar-refractivity contribution in [2.24, 2.45) is 5.92 Å². The maximum atomic E-state index is 12.5. The van der Waals surface area contributed by atoms with Gasteiger partial charge in [0.2, 0.25) is 5.91 Å². The van der Waals surface area contributed by atoms with Gasteiger partial charge in [-0.15, -0.1) is 0 Å². The van der Waals surface area contributed by atoms with Gasteiger partial charge in [0.05, 0.1) is 12.2 Å². The van der Waals surface area contributed by atoms with Crippen LogP contribution >= 0.6 is 0 Å². The Labute approximate surface area is 122 Å². The van der Waals surface area contributed by atoms with Crippen molar-refractivity contribution in [2.45, 2.75) is 70.6 Å². The molecule has 2 heterocycles. The molecular formula is C16H29N3O. The summed E-state index contributed by atoms with van der Waals surface area (Å²) in [5.41, 5.74) is 0. The Kier molecular flexibility index (Phi) is 4.32. The number of likely N-dealkylation sites (tertiary alicyclic amines) is 1. The molecule has 3 unspecified atom stereocenters. The van der Waals surface area contributed by atoms with E-state index >= 15 is 0 Å². The third-order valence-electron chi connectivity index (χ3n) is 5.57. The highest BCUT2D eigenvalue weighted by molar-refractivity contribution is 5.84. The number of hydrogen-bond acceptors (Lipinski definition) is 3. The Hall–Kier alpha value is -0.610. The third kappa shape index (κ3) is 2.60. The van der Waals surface area contributed by atoms with E-state index in [0.29, 0.717) is 24.0 Å². The largest absolute Gasteiger partial charge is 0.324 e. The quantitative estimate of drug-likeness (QED) is 0.852. The van der Waals surface area contributed by atoms with Crippen LogP contribution in [-0.2, 0) is 4.79 Å². The van der Waals surface area contributed by atoms with Crippen molar-refractivity contribution in [1.82, 2.24) is 15.1 Å². The van der Waals surface area contributed by atoms with Crippen molar-refractivity contribution in [3.63, 3.8) is 0 Å². The van der Waals surface area contributed by atoms with Crippen LogP contribution in [0, 0.1) is 5.92 Å². The lowest BCUT2D eigenvalue weighted by Crippen LogP contribution is -2.48. The fraction of sp³-hybridized carbons (Fsp3) is 0.938. The Morgan fingerprint density at radius 1 is 1.20 bits per heavy atom. The van der Waals surface area contributed by atoms with Gasteiger partial charge in [-0.3, -0.25) is 15.0 Å². The minimum absolute atomic E-state index is 0.0112. The highest BCUT2D eigenvalue weighted by Crippen LogP contribution is 2.32. The van der Waals surface area contributed by atoms with E-state index < -0.39 is 0 Å². The minimum Gasteiger partial charge on any atom is -0.324 e. The summed E-state index contributed by atoms with van der Waals surface area (Å²) in [7, 11) is 0. The molecule has 3 fully saturated rings. The summed E-state index contributed by atoms with van der Waals surface area (Å²) < 4.78 is 0. The molecule has 4 nitrogen and oxygen atoms in total. The number of nitrogens with one attached hydrogen (secondary N) is 1. The minimum atomic E-state index is 0.0112. The number of carbonyl (C=O) groups is 1. The average molecular weight is 279 g/mol. The Morgan fingerprint density at radius 2 is 1.95 bits per heavy atom. The van der Waals surface area contributed by atoms with Crippen molar-refractivity contribution >= 4 is 5.91 Å². The molecule has 1 N–H and O–H groups in total. The van der Waals surface area contributed by atoms with Crippen LogP contribution < -0.4 is 5.32 Å². The normalized spacial score (nSPS) is 36.4. The van der Waals surface area contributed by atoms with Crippen LogP contribution in [-0.4, -0.2) is 53.6 Å². The van der Waals surface area contributed by atoms with Crippen LogP contribution in [0.3, 0.4) is 0 Å². The number of likely N-dealkylation sites (N-methyl/N-ethyl adjacent to an activating group) is 1. The topological polar surface area (TPSA) is 35.6 Å². The van der Waals surface area contributed by atoms with Crippen LogP contribution in [0.5, 0.6) is 0 Å². The molecule has 0 aromatic rings. The van der Waals surface area contributed by atoms with Crippen LogP contribution in [0.4, 0.5) is 0 Å². The second-order valence-electron chi connectivity index (χ2n) is 6.79. The molecule has 3 aliphatic rings. The Balaban J connectivity index is 1.69. The first-order chi connectivity index (χ1) is 9.70. The average Bonchev–Trinajstić information content (AvgIpc) is 3.15. The van der Waals surface area contributed by atoms with Crippen molar-refractivity contribution < 1.29 is 4.79 Å². The van der Waals surface area contributed by atoms with Gasteiger partial charge < -0.3 is 4.90 Å². The molecule has 0 aromatic carbocycles. The summed E-state index contributed by atoms with van der Waals surface area (Å²) in [6.07, 6.45) is 8.10. The number of carbonyl (C=O) groups excluding carboxylic acids is 1. The van der Waals surface area contributed by atoms with E-state index in [9.17, 15) is 4.79 Å². The van der Waals surface area contributed by atoms with Crippen molar-refractivity contribution in [3.05, 3.63) is 0 Å². The van der Waals surface area contributed by atoms with Crippen LogP contribution in [0.2, 0.25) is 0 Å². The maximum absolute atomic E-state index is 12.5. The summed E-state index contributed by atoms with van der Waals surface area (Å²) in [5.74, 6) is 1.00. The molecule has 20 heavy (non-hydrogen) atoms. The molecule has 0 spiro atoms. The zero-order valence-electron chi connectivity index (χ0n) is 13.0. The standard InChI is InChI=1S/C16H29N3O/c1-3-18-10-6-9-14(18)11-19-15(13-7-4-5-8-13)17-12(2)16(19)20/h12-15,17H,3-11H2,1-2H3. The van der Waals surface area contributed by atoms with Crippen LogP contribution in [0.1, 0.15) is 52.4 Å². The van der Waals surface area contributed by atoms with E-state index in [4.69, 9.17) is 0 Å². The van der Waals surface area contributed by atoms with Gasteiger partial charge in [0, 0.05) is 12.6 Å². The Morgan fingerprint density at radius 3 is 2.65 bits per heavy atom. The molecule has 1 saturated carbocycles. The van der Waals surface area contributed by atoms with E-state index in [0.717, 1.165) is 13.1 Å². The summed E-state index contributed by atoms with van der Waals surface area (Å²) in [6.45, 7) is 7.52. The van der Waals surface area contributed by atoms with Crippen molar-refractivity contribution in [3.8, 4) is 0 Å². The van der Waals surface area contributed by atoms with Gasteiger partial charge in [-0.1, -0.05) is 19.8 Å². The predicted octanol–water partition coefficient (Wildman–Crippen LogP) is 1.81. The second-order valence-corrected chi connectivity index (χ2v) is 6.79. The summed E-state index contributed by atoms with van der Waals surface area (Å²) in [5, 5.41) is 3.56. The van der Waals surface area contributed by atoms with Gasteiger partial charge in [-0.2, -0.15) is 0 Å². The molecule has 114 valence electrons. The highest BCUT2D eigenvalue weighted by Gasteiger charge is 2.42. The van der Waals surface area contributed by atoms with Gasteiger partial charge in [0.15, 0.2) is 0 Å². The lowest BCUT2D eigenvalue weighted by Gasteiger charge is -2.33. The van der Waals surface area contributed by atoms with Gasteiger partial charge in [-0.25, -0.2) is 0 Å². The Bertz CT molecular complexity index is 354. The van der Waals surface area contributed by atoms with Crippen molar-refractivity contribution in [2.75, 3.05) is 19.6 Å². The first kappa shape index (κ1) is 14.3. The SMILES string of the molecule is CCN1CCCC1CN1C(=O)C(C)NC1C1CCCC1. The molecule has 1 aliphatic carbocycles. The zero-order chi connectivity index (χ0) is 14.1. The predicted molar refractivity (Wildman–Crippen MR) is 80.3 cm³/mol. The molecule has 1 amide bonds. The molecule has 3 rings (SSSR count). The summed E-state index contributed by atoms with van der Waals surface area (Å²) in [4.78, 5) is 17.2. The number of rotatable bonds is 4. The number of amides is 1. The third-order valence-corrected chi connectivity index (χ3v) is 5.57. The summed E-state index contributed by atoms with van der Waals surface area (Å²) in [6, 6.07) is 0.594. The maximum Gasteiger partial charge on any atom is 0.240 e. The van der Waals surface area contributed by atoms with E-state index in [1.165, 1.54) is 45.1 Å². The van der Waals surface area contributed by atoms with Gasteiger partial charge in [0.1, 0.15) is 0 Å². The lowest BCUT2D eigenvalue weighted by molar-refractivity contribution is -0.131. The van der Waals surface area contributed by atoms with E-state index in [-0.39, 0.29) is 6.04 Å². The fourth-order valence-corrected chi connectivity index (χ4v) is 4.42. The number of hydrogen-bond donors (Lipinski definition) is 1. The summed E-state index contributed by atoms with van der Waals surface area (Å²) >= 11 is 0. The molecule has 0 bridgehead atoms.